The van der Waals surface area contributed by atoms with Gasteiger partial charge in [-0.3, -0.25) is 0 Å². The third-order valence-corrected chi connectivity index (χ3v) is 3.43. The van der Waals surface area contributed by atoms with Crippen molar-refractivity contribution in [3.63, 3.8) is 0 Å². The Hall–Kier alpha value is -2.87. The Balaban J connectivity index is 2.34. The smallest absolute Gasteiger partial charge is 0.327 e. The fraction of sp³-hybridized carbons (Fsp3) is 0.389. The predicted octanol–water partition coefficient (Wildman–Crippen LogP) is 2.54. The Morgan fingerprint density at radius 1 is 1.27 bits per heavy atom. The molecule has 0 radical (unpaired) electrons. The number of carbonyl (C=O) groups excluding carboxylic acids is 1. The molecule has 1 aromatic carbocycles. The molecule has 3 N–H and O–H groups in total. The SMILES string of the molecule is COc1ccc(N(C(=O)NCCCO)c2ccnc(NC(C)C)n2)cc1. The quantitative estimate of drug-likeness (QED) is 0.627. The highest BCUT2D eigenvalue weighted by atomic mass is 16.5. The van der Waals surface area contributed by atoms with Gasteiger partial charge in [-0.25, -0.2) is 14.7 Å². The Morgan fingerprint density at radius 3 is 2.62 bits per heavy atom. The number of benzene rings is 1. The van der Waals surface area contributed by atoms with Crippen molar-refractivity contribution in [2.75, 3.05) is 30.5 Å². The van der Waals surface area contributed by atoms with Crippen LogP contribution in [0.25, 0.3) is 0 Å². The van der Waals surface area contributed by atoms with Gasteiger partial charge in [0.25, 0.3) is 0 Å². The molecule has 0 aliphatic heterocycles. The normalized spacial score (nSPS) is 10.5. The maximum Gasteiger partial charge on any atom is 0.327 e. The number of methoxy groups -OCH3 is 1. The van der Waals surface area contributed by atoms with Crippen LogP contribution in [0, 0.1) is 0 Å². The Kier molecular flexibility index (Phi) is 7.16. The van der Waals surface area contributed by atoms with Crippen LogP contribution in [0.15, 0.2) is 36.5 Å². The number of aliphatic hydroxyl groups is 1. The summed E-state index contributed by atoms with van der Waals surface area (Å²) >= 11 is 0. The van der Waals surface area contributed by atoms with Gasteiger partial charge in [0.2, 0.25) is 5.95 Å². The number of anilines is 3. The van der Waals surface area contributed by atoms with Crippen LogP contribution in [0.4, 0.5) is 22.2 Å². The molecule has 0 aliphatic carbocycles. The van der Waals surface area contributed by atoms with Crippen LogP contribution in [0.1, 0.15) is 20.3 Å². The number of amides is 2. The van der Waals surface area contributed by atoms with E-state index in [1.807, 2.05) is 13.8 Å². The van der Waals surface area contributed by atoms with E-state index in [0.29, 0.717) is 36.2 Å². The molecule has 0 unspecified atom stereocenters. The van der Waals surface area contributed by atoms with E-state index in [2.05, 4.69) is 20.6 Å². The van der Waals surface area contributed by atoms with Crippen molar-refractivity contribution in [3.05, 3.63) is 36.5 Å². The first-order valence-electron chi connectivity index (χ1n) is 8.47. The number of aromatic nitrogens is 2. The van der Waals surface area contributed by atoms with Crippen LogP contribution >= 0.6 is 0 Å². The van der Waals surface area contributed by atoms with Gasteiger partial charge in [0.15, 0.2) is 0 Å². The van der Waals surface area contributed by atoms with Crippen molar-refractivity contribution in [3.8, 4) is 5.75 Å². The van der Waals surface area contributed by atoms with E-state index in [-0.39, 0.29) is 18.7 Å². The summed E-state index contributed by atoms with van der Waals surface area (Å²) < 4.78 is 5.17. The lowest BCUT2D eigenvalue weighted by Gasteiger charge is -2.23. The number of nitrogens with one attached hydrogen (secondary N) is 2. The number of urea groups is 1. The molecule has 2 rings (SSSR count). The maximum absolute atomic E-state index is 12.7. The number of rotatable bonds is 8. The zero-order valence-corrected chi connectivity index (χ0v) is 15.3. The van der Waals surface area contributed by atoms with Crippen molar-refractivity contribution in [1.82, 2.24) is 15.3 Å². The molecule has 2 aromatic rings. The summed E-state index contributed by atoms with van der Waals surface area (Å²) in [7, 11) is 1.59. The fourth-order valence-corrected chi connectivity index (χ4v) is 2.24. The van der Waals surface area contributed by atoms with Crippen LogP contribution in [0.3, 0.4) is 0 Å². The summed E-state index contributed by atoms with van der Waals surface area (Å²) in [5, 5.41) is 14.8. The zero-order chi connectivity index (χ0) is 18.9. The van der Waals surface area contributed by atoms with Gasteiger partial charge >= 0.3 is 6.03 Å². The molecular formula is C18H25N5O3. The van der Waals surface area contributed by atoms with Crippen molar-refractivity contribution in [2.24, 2.45) is 0 Å². The molecule has 0 saturated heterocycles. The standard InChI is InChI=1S/C18H25N5O3/c1-13(2)21-17-19-11-9-16(22-17)23(18(25)20-10-4-12-24)14-5-7-15(26-3)8-6-14/h5-9,11,13,24H,4,10,12H2,1-3H3,(H,20,25)(H,19,21,22). The minimum Gasteiger partial charge on any atom is -0.497 e. The number of hydrogen-bond donors (Lipinski definition) is 3. The molecule has 0 atom stereocenters. The van der Waals surface area contributed by atoms with Crippen molar-refractivity contribution in [2.45, 2.75) is 26.3 Å². The van der Waals surface area contributed by atoms with E-state index < -0.39 is 0 Å². The first-order valence-corrected chi connectivity index (χ1v) is 8.47. The highest BCUT2D eigenvalue weighted by molar-refractivity contribution is 5.98. The molecule has 140 valence electrons. The summed E-state index contributed by atoms with van der Waals surface area (Å²) in [4.78, 5) is 22.8. The molecule has 0 bridgehead atoms. The summed E-state index contributed by atoms with van der Waals surface area (Å²) in [5.41, 5.74) is 0.640. The lowest BCUT2D eigenvalue weighted by molar-refractivity contribution is 0.245. The molecule has 0 fully saturated rings. The third kappa shape index (κ3) is 5.32. The highest BCUT2D eigenvalue weighted by Gasteiger charge is 2.20. The van der Waals surface area contributed by atoms with Gasteiger partial charge < -0.3 is 20.5 Å². The lowest BCUT2D eigenvalue weighted by Crippen LogP contribution is -2.38. The zero-order valence-electron chi connectivity index (χ0n) is 15.3. The molecule has 2 amide bonds. The van der Waals surface area contributed by atoms with E-state index in [4.69, 9.17) is 9.84 Å². The Bertz CT molecular complexity index is 706. The lowest BCUT2D eigenvalue weighted by atomic mass is 10.2. The number of aliphatic hydroxyl groups excluding tert-OH is 1. The minimum absolute atomic E-state index is 0.0127. The van der Waals surface area contributed by atoms with Gasteiger partial charge in [-0.2, -0.15) is 4.98 Å². The topological polar surface area (TPSA) is 99.6 Å². The summed E-state index contributed by atoms with van der Waals surface area (Å²) in [5.74, 6) is 1.58. The fourth-order valence-electron chi connectivity index (χ4n) is 2.24. The van der Waals surface area contributed by atoms with Crippen LogP contribution in [0.5, 0.6) is 5.75 Å². The van der Waals surface area contributed by atoms with Crippen molar-refractivity contribution < 1.29 is 14.6 Å². The largest absolute Gasteiger partial charge is 0.497 e. The minimum atomic E-state index is -0.335. The number of carbonyl (C=O) groups is 1. The van der Waals surface area contributed by atoms with Crippen molar-refractivity contribution >= 4 is 23.5 Å². The highest BCUT2D eigenvalue weighted by Crippen LogP contribution is 2.26. The van der Waals surface area contributed by atoms with E-state index in [9.17, 15) is 4.79 Å². The Morgan fingerprint density at radius 2 is 2.00 bits per heavy atom. The van der Waals surface area contributed by atoms with Gasteiger partial charge in [0.1, 0.15) is 11.6 Å². The summed E-state index contributed by atoms with van der Waals surface area (Å²) in [6.07, 6.45) is 2.08. The molecular weight excluding hydrogens is 334 g/mol. The van der Waals surface area contributed by atoms with E-state index in [0.717, 1.165) is 0 Å². The van der Waals surface area contributed by atoms with Crippen LogP contribution in [0.2, 0.25) is 0 Å². The van der Waals surface area contributed by atoms with Crippen LogP contribution in [-0.2, 0) is 0 Å². The maximum atomic E-state index is 12.7. The van der Waals surface area contributed by atoms with E-state index in [1.165, 1.54) is 4.90 Å². The molecule has 26 heavy (non-hydrogen) atoms. The second kappa shape index (κ2) is 9.57. The molecule has 8 heteroatoms. The first-order chi connectivity index (χ1) is 12.5. The molecule has 8 nitrogen and oxygen atoms in total. The number of hydrogen-bond acceptors (Lipinski definition) is 6. The molecule has 0 spiro atoms. The Labute approximate surface area is 153 Å². The molecule has 1 aromatic heterocycles. The summed E-state index contributed by atoms with van der Waals surface area (Å²) in [6, 6.07) is 8.61. The number of ether oxygens (including phenoxy) is 1. The molecule has 1 heterocycles. The van der Waals surface area contributed by atoms with Gasteiger partial charge in [-0.05, 0) is 44.5 Å². The molecule has 0 saturated carbocycles. The second-order valence-corrected chi connectivity index (χ2v) is 5.88. The predicted molar refractivity (Wildman–Crippen MR) is 101 cm³/mol. The second-order valence-electron chi connectivity index (χ2n) is 5.88. The summed E-state index contributed by atoms with van der Waals surface area (Å²) in [6.45, 7) is 4.35. The van der Waals surface area contributed by atoms with Gasteiger partial charge in [0, 0.05) is 31.5 Å². The average Bonchev–Trinajstić information content (AvgIpc) is 2.62. The molecule has 0 aliphatic rings. The monoisotopic (exact) mass is 359 g/mol. The first kappa shape index (κ1) is 19.5. The van der Waals surface area contributed by atoms with Crippen LogP contribution in [-0.4, -0.2) is 47.4 Å². The third-order valence-electron chi connectivity index (χ3n) is 3.43. The number of nitrogens with zero attached hydrogens (tertiary/aromatic N) is 3. The van der Waals surface area contributed by atoms with Gasteiger partial charge in [-0.1, -0.05) is 0 Å². The van der Waals surface area contributed by atoms with E-state index >= 15 is 0 Å². The van der Waals surface area contributed by atoms with Crippen molar-refractivity contribution in [1.29, 1.82) is 0 Å². The van der Waals surface area contributed by atoms with E-state index in [1.54, 1.807) is 43.6 Å². The van der Waals surface area contributed by atoms with Crippen LogP contribution < -0.4 is 20.3 Å². The average molecular weight is 359 g/mol. The van der Waals surface area contributed by atoms with Gasteiger partial charge in [-0.15, -0.1) is 0 Å². The van der Waals surface area contributed by atoms with Gasteiger partial charge in [0.05, 0.1) is 12.8 Å².